The Morgan fingerprint density at radius 1 is 0.750 bits per heavy atom. The fourth-order valence-corrected chi connectivity index (χ4v) is 0.799. The van der Waals surface area contributed by atoms with Crippen molar-refractivity contribution in [3.63, 3.8) is 0 Å². The molecule has 98 valence electrons. The Morgan fingerprint density at radius 3 is 1.62 bits per heavy atom. The molecule has 0 saturated carbocycles. The van der Waals surface area contributed by atoms with Gasteiger partial charge in [0.15, 0.2) is 0 Å². The molecule has 0 amide bonds. The lowest BCUT2D eigenvalue weighted by molar-refractivity contribution is 0.00657. The van der Waals surface area contributed by atoms with Gasteiger partial charge in [0.2, 0.25) is 0 Å². The number of hydrogen-bond acceptors (Lipinski definition) is 4. The summed E-state index contributed by atoms with van der Waals surface area (Å²) in [5.41, 5.74) is 0. The van der Waals surface area contributed by atoms with Crippen LogP contribution in [0.3, 0.4) is 0 Å². The summed E-state index contributed by atoms with van der Waals surface area (Å²) in [5, 5.41) is 0. The van der Waals surface area contributed by atoms with Crippen LogP contribution < -0.4 is 0 Å². The van der Waals surface area contributed by atoms with E-state index in [4.69, 9.17) is 14.2 Å². The van der Waals surface area contributed by atoms with Gasteiger partial charge in [-0.25, -0.2) is 0 Å². The van der Waals surface area contributed by atoms with Crippen LogP contribution in [0.2, 0.25) is 0 Å². The van der Waals surface area contributed by atoms with E-state index < -0.39 is 13.5 Å². The van der Waals surface area contributed by atoms with Gasteiger partial charge in [-0.2, -0.15) is 0 Å². The maximum absolute atomic E-state index is 11.7. The number of rotatable bonds is 11. The molecule has 0 aromatic rings. The van der Waals surface area contributed by atoms with Crippen molar-refractivity contribution in [1.29, 1.82) is 0 Å². The molecule has 0 aliphatic heterocycles. The van der Waals surface area contributed by atoms with Crippen molar-refractivity contribution in [2.24, 2.45) is 0 Å². The molecule has 0 heterocycles. The van der Waals surface area contributed by atoms with E-state index in [9.17, 15) is 12.9 Å². The van der Waals surface area contributed by atoms with Gasteiger partial charge in [0.1, 0.15) is 0 Å². The van der Waals surface area contributed by atoms with E-state index in [0.29, 0.717) is 26.4 Å². The van der Waals surface area contributed by atoms with Gasteiger partial charge < -0.3 is 31.9 Å². The highest BCUT2D eigenvalue weighted by Gasteiger charge is 2.22. The maximum Gasteiger partial charge on any atom is 0.503 e. The van der Waals surface area contributed by atoms with Gasteiger partial charge >= 0.3 is 6.98 Å². The molecule has 0 aliphatic carbocycles. The van der Waals surface area contributed by atoms with Gasteiger partial charge in [0.05, 0.1) is 39.6 Å². The van der Waals surface area contributed by atoms with Gasteiger partial charge in [-0.15, -0.1) is 0 Å². The van der Waals surface area contributed by atoms with Crippen LogP contribution in [0, 0.1) is 0 Å². The van der Waals surface area contributed by atoms with Crippen molar-refractivity contribution in [1.82, 2.24) is 0 Å². The second kappa shape index (κ2) is 9.89. The Balaban J connectivity index is 2.99. The first kappa shape index (κ1) is 15.7. The molecule has 0 aliphatic rings. The van der Waals surface area contributed by atoms with Crippen molar-refractivity contribution < 1.29 is 31.9 Å². The second-order valence-electron chi connectivity index (χ2n) is 3.00. The third-order valence-corrected chi connectivity index (χ3v) is 1.48. The fraction of sp³-hybridized carbons (Fsp3) is 1.00. The van der Waals surface area contributed by atoms with E-state index in [1.54, 1.807) is 7.11 Å². The highest BCUT2D eigenvalue weighted by Crippen LogP contribution is 2.07. The van der Waals surface area contributed by atoms with Crippen LogP contribution in [0.15, 0.2) is 0 Å². The van der Waals surface area contributed by atoms with Crippen LogP contribution in [-0.4, -0.2) is 60.2 Å². The maximum atomic E-state index is 11.7. The second-order valence-corrected chi connectivity index (χ2v) is 3.00. The zero-order valence-corrected chi connectivity index (χ0v) is 9.29. The van der Waals surface area contributed by atoms with Crippen LogP contribution in [0.4, 0.5) is 12.9 Å². The molecule has 0 saturated heterocycles. The molecule has 0 N–H and O–H groups in total. The summed E-state index contributed by atoms with van der Waals surface area (Å²) in [5.74, 6) is 0. The third-order valence-electron chi connectivity index (χ3n) is 1.48. The van der Waals surface area contributed by atoms with Gasteiger partial charge in [-0.1, -0.05) is 0 Å². The average Bonchev–Trinajstić information content (AvgIpc) is 2.19. The zero-order chi connectivity index (χ0) is 12.3. The van der Waals surface area contributed by atoms with E-state index in [-0.39, 0.29) is 13.2 Å². The number of halogens is 3. The third kappa shape index (κ3) is 13.7. The number of methoxy groups -OCH3 is 1. The largest absolute Gasteiger partial charge is 0.503 e. The smallest absolute Gasteiger partial charge is 0.447 e. The van der Waals surface area contributed by atoms with Gasteiger partial charge in [0, 0.05) is 13.6 Å². The molecule has 0 fully saturated rings. The van der Waals surface area contributed by atoms with Crippen LogP contribution in [0.5, 0.6) is 0 Å². The molecule has 0 bridgehead atoms. The molecule has 0 rings (SSSR count). The topological polar surface area (TPSA) is 36.9 Å². The lowest BCUT2D eigenvalue weighted by Gasteiger charge is -2.13. The average molecular weight is 245 g/mol. The minimum absolute atomic E-state index is 0.0562. The van der Waals surface area contributed by atoms with Gasteiger partial charge in [-0.05, 0) is 0 Å². The van der Waals surface area contributed by atoms with Crippen molar-refractivity contribution in [2.75, 3.05) is 53.3 Å². The van der Waals surface area contributed by atoms with Crippen LogP contribution in [-0.2, 0) is 18.9 Å². The normalized spacial score (nSPS) is 12.0. The summed E-state index contributed by atoms with van der Waals surface area (Å²) in [6.45, 7) is -4.22. The summed E-state index contributed by atoms with van der Waals surface area (Å²) < 4.78 is 54.2. The van der Waals surface area contributed by atoms with E-state index in [0.717, 1.165) is 0 Å². The minimum Gasteiger partial charge on any atom is -0.447 e. The van der Waals surface area contributed by atoms with E-state index in [1.165, 1.54) is 0 Å². The van der Waals surface area contributed by atoms with Crippen molar-refractivity contribution >= 4 is 6.98 Å². The molecular formula is C8H17BF3O4-. The standard InChI is InChI=1S/C8H17BF3O4/c1-13-2-3-14-4-5-15-6-7-16-8-9(10,11)12/h2-8H2,1H3/q-1. The molecule has 0 radical (unpaired) electrons. The predicted molar refractivity (Wildman–Crippen MR) is 53.4 cm³/mol. The quantitative estimate of drug-likeness (QED) is 0.403. The molecule has 0 spiro atoms. The first-order valence-corrected chi connectivity index (χ1v) is 4.99. The number of ether oxygens (including phenoxy) is 4. The van der Waals surface area contributed by atoms with Crippen molar-refractivity contribution in [3.05, 3.63) is 0 Å². The number of hydrogen-bond donors (Lipinski definition) is 0. The Bertz CT molecular complexity index is 157. The lowest BCUT2D eigenvalue weighted by Crippen LogP contribution is -2.25. The molecule has 0 aromatic heterocycles. The summed E-state index contributed by atoms with van der Waals surface area (Å²) in [6, 6.07) is 0. The van der Waals surface area contributed by atoms with Crippen molar-refractivity contribution in [2.45, 2.75) is 0 Å². The summed E-state index contributed by atoms with van der Waals surface area (Å²) in [7, 11) is 1.57. The Kier molecular flexibility index (Phi) is 9.70. The molecular weight excluding hydrogens is 228 g/mol. The van der Waals surface area contributed by atoms with Crippen molar-refractivity contribution in [3.8, 4) is 0 Å². The molecule has 4 nitrogen and oxygen atoms in total. The van der Waals surface area contributed by atoms with Crippen LogP contribution in [0.25, 0.3) is 0 Å². The zero-order valence-electron chi connectivity index (χ0n) is 9.29. The SMILES string of the molecule is COCCOCCOCCOC[B-](F)(F)F. The van der Waals surface area contributed by atoms with Gasteiger partial charge in [-0.3, -0.25) is 0 Å². The van der Waals surface area contributed by atoms with Crippen LogP contribution in [0.1, 0.15) is 0 Å². The molecule has 0 atom stereocenters. The first-order chi connectivity index (χ1) is 7.56. The fourth-order valence-electron chi connectivity index (χ4n) is 0.799. The molecule has 8 heteroatoms. The molecule has 16 heavy (non-hydrogen) atoms. The summed E-state index contributed by atoms with van der Waals surface area (Å²) in [6.07, 6.45) is 0. The Morgan fingerprint density at radius 2 is 1.19 bits per heavy atom. The molecule has 0 aromatic carbocycles. The minimum atomic E-state index is -4.85. The lowest BCUT2D eigenvalue weighted by atomic mass is 9.95. The highest BCUT2D eigenvalue weighted by atomic mass is 19.4. The highest BCUT2D eigenvalue weighted by molar-refractivity contribution is 6.58. The predicted octanol–water partition coefficient (Wildman–Crippen LogP) is 1.07. The van der Waals surface area contributed by atoms with E-state index >= 15 is 0 Å². The molecule has 0 unspecified atom stereocenters. The monoisotopic (exact) mass is 245 g/mol. The van der Waals surface area contributed by atoms with E-state index in [1.807, 2.05) is 0 Å². The van der Waals surface area contributed by atoms with E-state index in [2.05, 4.69) is 4.74 Å². The Labute approximate surface area is 93.1 Å². The van der Waals surface area contributed by atoms with Crippen LogP contribution >= 0.6 is 0 Å². The first-order valence-electron chi connectivity index (χ1n) is 4.99. The van der Waals surface area contributed by atoms with Gasteiger partial charge in [0.25, 0.3) is 0 Å². The summed E-state index contributed by atoms with van der Waals surface area (Å²) in [4.78, 5) is 0. The Hall–Kier alpha value is -0.305. The summed E-state index contributed by atoms with van der Waals surface area (Å²) >= 11 is 0.